The molecule has 0 bridgehead atoms. The van der Waals surface area contributed by atoms with E-state index in [2.05, 4.69) is 57.2 Å². The highest BCUT2D eigenvalue weighted by molar-refractivity contribution is 5.79. The van der Waals surface area contributed by atoms with E-state index in [1.54, 1.807) is 0 Å². The predicted octanol–water partition coefficient (Wildman–Crippen LogP) is 3.50. The summed E-state index contributed by atoms with van der Waals surface area (Å²) >= 11 is 0. The third kappa shape index (κ3) is 5.03. The fourth-order valence-corrected chi connectivity index (χ4v) is 5.10. The number of carbonyl (C=O) groups excluding carboxylic acids is 1. The summed E-state index contributed by atoms with van der Waals surface area (Å²) in [5.41, 5.74) is 1.28. The molecule has 3 aliphatic rings. The first-order valence-electron chi connectivity index (χ1n) is 11.3. The summed E-state index contributed by atoms with van der Waals surface area (Å²) in [6.45, 7) is 7.54. The highest BCUT2D eigenvalue weighted by atomic mass is 16.2. The monoisotopic (exact) mass is 381 g/mol. The van der Waals surface area contributed by atoms with Crippen molar-refractivity contribution in [3.63, 3.8) is 0 Å². The Hall–Kier alpha value is -1.65. The maximum absolute atomic E-state index is 12.8. The number of likely N-dealkylation sites (tertiary alicyclic amines) is 3. The average molecular weight is 382 g/mol. The fraction of sp³-hybridized carbons (Fsp3) is 0.625. The van der Waals surface area contributed by atoms with Crippen LogP contribution in [0.4, 0.5) is 0 Å². The van der Waals surface area contributed by atoms with Gasteiger partial charge in [0.25, 0.3) is 0 Å². The molecule has 1 aromatic carbocycles. The van der Waals surface area contributed by atoms with Gasteiger partial charge in [-0.25, -0.2) is 0 Å². The second-order valence-corrected chi connectivity index (χ2v) is 8.71. The van der Waals surface area contributed by atoms with Gasteiger partial charge in [0.15, 0.2) is 0 Å². The molecule has 3 heterocycles. The summed E-state index contributed by atoms with van der Waals surface area (Å²) in [5.74, 6) is 0.685. The smallest absolute Gasteiger partial charge is 0.226 e. The molecule has 4 nitrogen and oxygen atoms in total. The zero-order valence-electron chi connectivity index (χ0n) is 17.1. The Bertz CT molecular complexity index is 645. The highest BCUT2D eigenvalue weighted by Gasteiger charge is 2.33. The summed E-state index contributed by atoms with van der Waals surface area (Å²) in [7, 11) is 0. The first-order valence-corrected chi connectivity index (χ1v) is 11.3. The Kier molecular flexibility index (Phi) is 6.81. The molecule has 1 unspecified atom stereocenters. The molecule has 4 heteroatoms. The van der Waals surface area contributed by atoms with E-state index in [0.29, 0.717) is 11.9 Å². The van der Waals surface area contributed by atoms with E-state index in [0.717, 1.165) is 32.6 Å². The lowest BCUT2D eigenvalue weighted by molar-refractivity contribution is -0.136. The molecule has 0 aliphatic carbocycles. The van der Waals surface area contributed by atoms with Gasteiger partial charge in [-0.1, -0.05) is 42.5 Å². The Morgan fingerprint density at radius 1 is 0.929 bits per heavy atom. The quantitative estimate of drug-likeness (QED) is 0.781. The van der Waals surface area contributed by atoms with Crippen molar-refractivity contribution in [3.8, 4) is 0 Å². The Morgan fingerprint density at radius 3 is 2.43 bits per heavy atom. The summed E-state index contributed by atoms with van der Waals surface area (Å²) in [6, 6.07) is 11.2. The number of hydrogen-bond acceptors (Lipinski definition) is 3. The van der Waals surface area contributed by atoms with Gasteiger partial charge in [0, 0.05) is 32.2 Å². The summed E-state index contributed by atoms with van der Waals surface area (Å²) in [4.78, 5) is 20.1. The van der Waals surface area contributed by atoms with Crippen molar-refractivity contribution in [2.45, 2.75) is 44.6 Å². The van der Waals surface area contributed by atoms with Crippen molar-refractivity contribution < 1.29 is 4.79 Å². The summed E-state index contributed by atoms with van der Waals surface area (Å²) in [6.07, 6.45) is 11.7. The van der Waals surface area contributed by atoms with Crippen LogP contribution >= 0.6 is 0 Å². The van der Waals surface area contributed by atoms with Crippen LogP contribution in [0.15, 0.2) is 36.4 Å². The molecular weight excluding hydrogens is 346 g/mol. The van der Waals surface area contributed by atoms with Gasteiger partial charge in [-0.15, -0.1) is 0 Å². The minimum Gasteiger partial charge on any atom is -0.342 e. The molecule has 1 atom stereocenters. The number of hydrogen-bond donors (Lipinski definition) is 0. The van der Waals surface area contributed by atoms with Crippen LogP contribution in [0.2, 0.25) is 0 Å². The second-order valence-electron chi connectivity index (χ2n) is 8.71. The van der Waals surface area contributed by atoms with Gasteiger partial charge >= 0.3 is 0 Å². The molecule has 4 rings (SSSR count). The molecule has 0 radical (unpaired) electrons. The number of carbonyl (C=O) groups is 1. The van der Waals surface area contributed by atoms with Gasteiger partial charge < -0.3 is 4.90 Å². The normalized spacial score (nSPS) is 25.6. The first-order chi connectivity index (χ1) is 13.8. The first kappa shape index (κ1) is 19.7. The van der Waals surface area contributed by atoms with E-state index in [1.807, 2.05) is 0 Å². The molecule has 3 fully saturated rings. The molecule has 1 amide bonds. The maximum atomic E-state index is 12.8. The molecule has 3 aliphatic heterocycles. The lowest BCUT2D eigenvalue weighted by atomic mass is 9.93. The Labute approximate surface area is 170 Å². The molecular formula is C24H35N3O. The molecule has 0 spiro atoms. The molecule has 1 aromatic rings. The van der Waals surface area contributed by atoms with E-state index in [-0.39, 0.29) is 5.92 Å². The van der Waals surface area contributed by atoms with Crippen LogP contribution in [-0.4, -0.2) is 72.5 Å². The number of benzene rings is 1. The van der Waals surface area contributed by atoms with Gasteiger partial charge in [-0.05, 0) is 63.7 Å². The van der Waals surface area contributed by atoms with Gasteiger partial charge in [-0.3, -0.25) is 14.6 Å². The molecule has 3 saturated heterocycles. The van der Waals surface area contributed by atoms with Crippen molar-refractivity contribution >= 4 is 12.0 Å². The topological polar surface area (TPSA) is 26.8 Å². The Balaban J connectivity index is 1.22. The van der Waals surface area contributed by atoms with Crippen LogP contribution in [0.1, 0.15) is 44.1 Å². The van der Waals surface area contributed by atoms with Crippen LogP contribution < -0.4 is 0 Å². The summed E-state index contributed by atoms with van der Waals surface area (Å²) in [5, 5.41) is 0. The van der Waals surface area contributed by atoms with Gasteiger partial charge in [0.2, 0.25) is 5.91 Å². The number of rotatable bonds is 5. The van der Waals surface area contributed by atoms with E-state index in [1.165, 1.54) is 57.3 Å². The van der Waals surface area contributed by atoms with Crippen LogP contribution in [0.5, 0.6) is 0 Å². The minimum absolute atomic E-state index is 0.249. The largest absolute Gasteiger partial charge is 0.342 e. The molecule has 28 heavy (non-hydrogen) atoms. The van der Waals surface area contributed by atoms with E-state index in [9.17, 15) is 4.79 Å². The van der Waals surface area contributed by atoms with Crippen LogP contribution in [0.25, 0.3) is 6.08 Å². The molecule has 0 aromatic heterocycles. The maximum Gasteiger partial charge on any atom is 0.226 e. The summed E-state index contributed by atoms with van der Waals surface area (Å²) < 4.78 is 0. The zero-order valence-corrected chi connectivity index (χ0v) is 17.1. The zero-order chi connectivity index (χ0) is 19.2. The lowest BCUT2D eigenvalue weighted by Crippen LogP contribution is -2.51. The van der Waals surface area contributed by atoms with Crippen molar-refractivity contribution in [2.24, 2.45) is 5.92 Å². The van der Waals surface area contributed by atoms with Crippen LogP contribution in [0.3, 0.4) is 0 Å². The third-order valence-electron chi connectivity index (χ3n) is 6.77. The number of nitrogens with zero attached hydrogens (tertiary/aromatic N) is 3. The molecule has 0 saturated carbocycles. The van der Waals surface area contributed by atoms with Crippen molar-refractivity contribution in [2.75, 3.05) is 45.8 Å². The minimum atomic E-state index is 0.249. The van der Waals surface area contributed by atoms with Crippen molar-refractivity contribution in [3.05, 3.63) is 42.0 Å². The van der Waals surface area contributed by atoms with Gasteiger partial charge in [0.05, 0.1) is 5.92 Å². The third-order valence-corrected chi connectivity index (χ3v) is 6.77. The van der Waals surface area contributed by atoms with Gasteiger partial charge in [-0.2, -0.15) is 0 Å². The Morgan fingerprint density at radius 2 is 1.68 bits per heavy atom. The highest BCUT2D eigenvalue weighted by Crippen LogP contribution is 2.26. The lowest BCUT2D eigenvalue weighted by Gasteiger charge is -2.42. The van der Waals surface area contributed by atoms with Crippen molar-refractivity contribution in [1.29, 1.82) is 0 Å². The van der Waals surface area contributed by atoms with Crippen molar-refractivity contribution in [1.82, 2.24) is 14.7 Å². The number of piperidine rings is 2. The molecule has 0 N–H and O–H groups in total. The van der Waals surface area contributed by atoms with Crippen LogP contribution in [-0.2, 0) is 4.79 Å². The number of amides is 1. The SMILES string of the molecule is O=C(C1CCCN(C2CCN(CC=Cc3ccccc3)CC2)C1)N1CCCC1. The standard InChI is InChI=1S/C24H35N3O/c28-24(26-15-4-5-16-26)22-11-7-17-27(20-22)23-12-18-25(19-13-23)14-6-10-21-8-2-1-3-9-21/h1-3,6,8-10,22-23H,4-5,7,11-20H2. The van der Waals surface area contributed by atoms with E-state index in [4.69, 9.17) is 0 Å². The van der Waals surface area contributed by atoms with E-state index < -0.39 is 0 Å². The van der Waals surface area contributed by atoms with Crippen LogP contribution in [0, 0.1) is 5.92 Å². The van der Waals surface area contributed by atoms with E-state index >= 15 is 0 Å². The second kappa shape index (κ2) is 9.71. The molecule has 152 valence electrons. The predicted molar refractivity (Wildman–Crippen MR) is 115 cm³/mol. The average Bonchev–Trinajstić information content (AvgIpc) is 3.30. The fourth-order valence-electron chi connectivity index (χ4n) is 5.10. The van der Waals surface area contributed by atoms with Gasteiger partial charge in [0.1, 0.15) is 0 Å².